The van der Waals surface area contributed by atoms with E-state index in [4.69, 9.17) is 5.73 Å². The summed E-state index contributed by atoms with van der Waals surface area (Å²) < 4.78 is 4.29. The average Bonchev–Trinajstić information content (AvgIpc) is 3.57. The first kappa shape index (κ1) is 28.1. The van der Waals surface area contributed by atoms with Crippen LogP contribution in [0.25, 0.3) is 0 Å². The summed E-state index contributed by atoms with van der Waals surface area (Å²) in [6.07, 6.45) is 9.80. The molecule has 1 heterocycles. The van der Waals surface area contributed by atoms with Gasteiger partial charge in [0.1, 0.15) is 10.9 Å². The molecule has 2 fully saturated rings. The summed E-state index contributed by atoms with van der Waals surface area (Å²) in [4.78, 5) is 42.2. The summed E-state index contributed by atoms with van der Waals surface area (Å²) in [5, 5.41) is 6.19. The van der Waals surface area contributed by atoms with E-state index in [1.165, 1.54) is 11.3 Å². The Morgan fingerprint density at radius 3 is 2.13 bits per heavy atom. The Hall–Kier alpha value is -2.94. The summed E-state index contributed by atoms with van der Waals surface area (Å²) in [7, 11) is 0. The lowest BCUT2D eigenvalue weighted by Crippen LogP contribution is -2.51. The summed E-state index contributed by atoms with van der Waals surface area (Å²) in [5.41, 5.74) is 8.30. The zero-order valence-electron chi connectivity index (χ0n) is 22.8. The van der Waals surface area contributed by atoms with Gasteiger partial charge in [0.05, 0.1) is 5.69 Å². The highest BCUT2D eigenvalue weighted by molar-refractivity contribution is 7.09. The zero-order valence-corrected chi connectivity index (χ0v) is 23.6. The van der Waals surface area contributed by atoms with Gasteiger partial charge in [-0.1, -0.05) is 65.0 Å². The lowest BCUT2D eigenvalue weighted by molar-refractivity contribution is -0.123. The highest BCUT2D eigenvalue weighted by atomic mass is 32.1. The van der Waals surface area contributed by atoms with E-state index in [0.717, 1.165) is 68.5 Å². The van der Waals surface area contributed by atoms with Gasteiger partial charge in [-0.25, -0.2) is 0 Å². The lowest BCUT2D eigenvalue weighted by atomic mass is 9.95. The van der Waals surface area contributed by atoms with Crippen LogP contribution in [0.3, 0.4) is 0 Å². The Labute approximate surface area is 229 Å². The molecule has 4 N–H and O–H groups in total. The molecule has 38 heavy (non-hydrogen) atoms. The number of carbonyl (C=O) groups is 3. The third-order valence-corrected chi connectivity index (χ3v) is 8.69. The smallest absolute Gasteiger partial charge is 0.273 e. The molecule has 3 amide bonds. The Kier molecular flexibility index (Phi) is 9.41. The van der Waals surface area contributed by atoms with Gasteiger partial charge in [-0.2, -0.15) is 4.37 Å². The molecular formula is C29H41N5O3S. The summed E-state index contributed by atoms with van der Waals surface area (Å²) >= 11 is 0.919. The molecule has 2 aliphatic carbocycles. The summed E-state index contributed by atoms with van der Waals surface area (Å²) in [5.74, 6) is -0.590. The SMILES string of the molecule is CC[C@H](C(=O)NC1CCCC1)N(C(=O)c1snc(C(=O)NC2CCCCC2)c1N)c1ccc(C(C)C)cc1. The number of nitrogens with one attached hydrogen (secondary N) is 2. The monoisotopic (exact) mass is 539 g/mol. The van der Waals surface area contributed by atoms with Crippen LogP contribution in [-0.4, -0.2) is 40.2 Å². The molecule has 4 rings (SSSR count). The van der Waals surface area contributed by atoms with Crippen molar-refractivity contribution in [3.63, 3.8) is 0 Å². The third kappa shape index (κ3) is 6.37. The van der Waals surface area contributed by atoms with Gasteiger partial charge in [0.15, 0.2) is 5.69 Å². The second-order valence-electron chi connectivity index (χ2n) is 10.9. The largest absolute Gasteiger partial charge is 0.395 e. The van der Waals surface area contributed by atoms with Crippen molar-refractivity contribution in [2.45, 2.75) is 109 Å². The number of amides is 3. The molecular weight excluding hydrogens is 498 g/mol. The molecule has 0 saturated heterocycles. The molecule has 8 nitrogen and oxygen atoms in total. The molecule has 2 aliphatic rings. The van der Waals surface area contributed by atoms with E-state index >= 15 is 0 Å². The number of anilines is 2. The van der Waals surface area contributed by atoms with E-state index in [0.29, 0.717) is 18.0 Å². The topological polar surface area (TPSA) is 117 Å². The lowest BCUT2D eigenvalue weighted by Gasteiger charge is -2.31. The van der Waals surface area contributed by atoms with Crippen LogP contribution in [0, 0.1) is 0 Å². The van der Waals surface area contributed by atoms with Crippen LogP contribution < -0.4 is 21.3 Å². The van der Waals surface area contributed by atoms with E-state index in [1.54, 1.807) is 0 Å². The third-order valence-electron chi connectivity index (χ3n) is 7.84. The Morgan fingerprint density at radius 2 is 1.55 bits per heavy atom. The van der Waals surface area contributed by atoms with Gasteiger partial charge in [-0.05, 0) is 67.3 Å². The number of hydrogen-bond donors (Lipinski definition) is 3. The molecule has 1 aromatic carbocycles. The number of nitrogens with two attached hydrogens (primary N) is 1. The Balaban J connectivity index is 1.62. The van der Waals surface area contributed by atoms with E-state index in [2.05, 4.69) is 28.9 Å². The van der Waals surface area contributed by atoms with Crippen molar-refractivity contribution >= 4 is 40.6 Å². The first-order valence-corrected chi connectivity index (χ1v) is 14.9. The van der Waals surface area contributed by atoms with Gasteiger partial charge in [0.25, 0.3) is 11.8 Å². The molecule has 0 radical (unpaired) electrons. The minimum Gasteiger partial charge on any atom is -0.395 e. The number of nitrogen functional groups attached to an aromatic ring is 1. The minimum absolute atomic E-state index is 0.0724. The van der Waals surface area contributed by atoms with Crippen LogP contribution in [-0.2, 0) is 4.79 Å². The molecule has 2 saturated carbocycles. The van der Waals surface area contributed by atoms with Crippen molar-refractivity contribution in [2.24, 2.45) is 0 Å². The molecule has 1 atom stereocenters. The van der Waals surface area contributed by atoms with Crippen LogP contribution >= 0.6 is 11.5 Å². The van der Waals surface area contributed by atoms with Gasteiger partial charge in [-0.3, -0.25) is 19.3 Å². The van der Waals surface area contributed by atoms with E-state index in [-0.39, 0.29) is 40.2 Å². The van der Waals surface area contributed by atoms with Gasteiger partial charge in [0.2, 0.25) is 5.91 Å². The molecule has 9 heteroatoms. The zero-order chi connectivity index (χ0) is 27.2. The number of carbonyl (C=O) groups excluding carboxylic acids is 3. The van der Waals surface area contributed by atoms with Gasteiger partial charge >= 0.3 is 0 Å². The van der Waals surface area contributed by atoms with Crippen LogP contribution in [0.1, 0.15) is 117 Å². The molecule has 1 aromatic heterocycles. The van der Waals surface area contributed by atoms with Crippen molar-refractivity contribution in [3.8, 4) is 0 Å². The highest BCUT2D eigenvalue weighted by Crippen LogP contribution is 2.30. The molecule has 2 aromatic rings. The molecule has 0 bridgehead atoms. The maximum atomic E-state index is 14.1. The predicted octanol–water partition coefficient (Wildman–Crippen LogP) is 5.40. The first-order chi connectivity index (χ1) is 18.3. The quantitative estimate of drug-likeness (QED) is 0.395. The van der Waals surface area contributed by atoms with Crippen molar-refractivity contribution < 1.29 is 14.4 Å². The van der Waals surface area contributed by atoms with Crippen LogP contribution in [0.4, 0.5) is 11.4 Å². The maximum absolute atomic E-state index is 14.1. The number of rotatable bonds is 9. The van der Waals surface area contributed by atoms with E-state index < -0.39 is 11.9 Å². The fourth-order valence-electron chi connectivity index (χ4n) is 5.54. The fraction of sp³-hybridized carbons (Fsp3) is 0.586. The summed E-state index contributed by atoms with van der Waals surface area (Å²) in [6.45, 7) is 6.13. The van der Waals surface area contributed by atoms with Crippen molar-refractivity contribution in [1.29, 1.82) is 0 Å². The molecule has 0 unspecified atom stereocenters. The molecule has 0 spiro atoms. The maximum Gasteiger partial charge on any atom is 0.273 e. The Bertz CT molecular complexity index is 1120. The number of aromatic nitrogens is 1. The predicted molar refractivity (Wildman–Crippen MR) is 153 cm³/mol. The van der Waals surface area contributed by atoms with Gasteiger partial charge < -0.3 is 16.4 Å². The number of benzene rings is 1. The standard InChI is InChI=1S/C29H41N5O3S/c1-4-23(27(35)31-20-12-8-9-13-20)34(22-16-14-19(15-17-22)18(2)3)29(37)26-24(30)25(33-38-26)28(36)32-21-10-6-5-7-11-21/h14-18,20-21,23H,4-13,30H2,1-3H3,(H,31,35)(H,32,36)/t23-/m1/s1. The fourth-order valence-corrected chi connectivity index (χ4v) is 6.27. The summed E-state index contributed by atoms with van der Waals surface area (Å²) in [6, 6.07) is 7.27. The second kappa shape index (κ2) is 12.7. The van der Waals surface area contributed by atoms with Gasteiger partial charge in [-0.15, -0.1) is 0 Å². The van der Waals surface area contributed by atoms with E-state index in [1.807, 2.05) is 31.2 Å². The Morgan fingerprint density at radius 1 is 0.974 bits per heavy atom. The number of nitrogens with zero attached hydrogens (tertiary/aromatic N) is 2. The van der Waals surface area contributed by atoms with Crippen LogP contribution in [0.5, 0.6) is 0 Å². The second-order valence-corrected chi connectivity index (χ2v) is 11.7. The van der Waals surface area contributed by atoms with E-state index in [9.17, 15) is 14.4 Å². The average molecular weight is 540 g/mol. The van der Waals surface area contributed by atoms with Crippen molar-refractivity contribution in [1.82, 2.24) is 15.0 Å². The van der Waals surface area contributed by atoms with Gasteiger partial charge in [0, 0.05) is 17.8 Å². The first-order valence-electron chi connectivity index (χ1n) is 14.1. The van der Waals surface area contributed by atoms with Crippen LogP contribution in [0.2, 0.25) is 0 Å². The van der Waals surface area contributed by atoms with Crippen molar-refractivity contribution in [3.05, 3.63) is 40.4 Å². The highest BCUT2D eigenvalue weighted by Gasteiger charge is 2.35. The van der Waals surface area contributed by atoms with Crippen molar-refractivity contribution in [2.75, 3.05) is 10.6 Å². The molecule has 206 valence electrons. The normalized spacial score (nSPS) is 17.4. The van der Waals surface area contributed by atoms with Crippen LogP contribution in [0.15, 0.2) is 24.3 Å². The number of hydrogen-bond acceptors (Lipinski definition) is 6. The molecule has 0 aliphatic heterocycles. The minimum atomic E-state index is -0.714.